The first-order valence-corrected chi connectivity index (χ1v) is 15.1. The van der Waals surface area contributed by atoms with Gasteiger partial charge in [0.2, 0.25) is 0 Å². The monoisotopic (exact) mass is 466 g/mol. The van der Waals surface area contributed by atoms with E-state index in [0.29, 0.717) is 13.0 Å². The molecule has 0 aromatic heterocycles. The molecular weight excluding hydrogens is 408 g/mol. The second-order valence-electron chi connectivity index (χ2n) is 10.5. The Bertz CT molecular complexity index is 405. The maximum absolute atomic E-state index is 11.5. The molecule has 0 aliphatic carbocycles. The van der Waals surface area contributed by atoms with Gasteiger partial charge in [0, 0.05) is 6.42 Å². The van der Waals surface area contributed by atoms with Crippen LogP contribution in [0.1, 0.15) is 167 Å². The molecule has 196 valence electrons. The fraction of sp³-hybridized carbons (Fsp3) is 0.967. The first-order valence-electron chi connectivity index (χ1n) is 15.1. The molecular formula is C30H58O3. The van der Waals surface area contributed by atoms with Crippen LogP contribution in [-0.2, 0) is 14.3 Å². The Morgan fingerprint density at radius 3 is 1.18 bits per heavy atom. The zero-order chi connectivity index (χ0) is 23.7. The Balaban J connectivity index is 1.62. The van der Waals surface area contributed by atoms with Crippen molar-refractivity contribution in [3.05, 3.63) is 0 Å². The number of hydrogen-bond donors (Lipinski definition) is 0. The van der Waals surface area contributed by atoms with Gasteiger partial charge < -0.3 is 9.47 Å². The summed E-state index contributed by atoms with van der Waals surface area (Å²) in [5, 5.41) is 0. The van der Waals surface area contributed by atoms with Gasteiger partial charge in [-0.2, -0.15) is 0 Å². The summed E-state index contributed by atoms with van der Waals surface area (Å²) in [4.78, 5) is 11.5. The summed E-state index contributed by atoms with van der Waals surface area (Å²) < 4.78 is 10.2. The molecule has 1 aliphatic rings. The van der Waals surface area contributed by atoms with Gasteiger partial charge in [-0.1, -0.05) is 155 Å². The molecule has 0 N–H and O–H groups in total. The van der Waals surface area contributed by atoms with Crippen LogP contribution >= 0.6 is 0 Å². The van der Waals surface area contributed by atoms with Gasteiger partial charge in [-0.15, -0.1) is 0 Å². The molecule has 1 heterocycles. The molecule has 1 saturated heterocycles. The molecule has 1 aliphatic heterocycles. The second kappa shape index (κ2) is 24.6. The minimum absolute atomic E-state index is 0.0516. The van der Waals surface area contributed by atoms with Crippen molar-refractivity contribution in [2.24, 2.45) is 0 Å². The first kappa shape index (κ1) is 30.5. The SMILES string of the molecule is CCCCCCCCCCCCCCCCCCCCCCCCCCC(=O)OCC1CO1. The zero-order valence-corrected chi connectivity index (χ0v) is 22.4. The molecule has 1 fully saturated rings. The topological polar surface area (TPSA) is 38.8 Å². The molecule has 0 radical (unpaired) electrons. The van der Waals surface area contributed by atoms with Crippen molar-refractivity contribution in [2.75, 3.05) is 13.2 Å². The number of carbonyl (C=O) groups excluding carboxylic acids is 1. The Kier molecular flexibility index (Phi) is 22.7. The first-order chi connectivity index (χ1) is 16.3. The van der Waals surface area contributed by atoms with E-state index in [0.717, 1.165) is 19.4 Å². The third-order valence-corrected chi connectivity index (χ3v) is 7.07. The van der Waals surface area contributed by atoms with Crippen molar-refractivity contribution >= 4 is 5.97 Å². The highest BCUT2D eigenvalue weighted by molar-refractivity contribution is 5.69. The summed E-state index contributed by atoms with van der Waals surface area (Å²) in [6, 6.07) is 0. The highest BCUT2D eigenvalue weighted by atomic mass is 16.6. The van der Waals surface area contributed by atoms with Crippen molar-refractivity contribution in [2.45, 2.75) is 174 Å². The molecule has 33 heavy (non-hydrogen) atoms. The average molecular weight is 467 g/mol. The summed E-state index contributed by atoms with van der Waals surface area (Å²) in [5.74, 6) is -0.0516. The van der Waals surface area contributed by atoms with E-state index in [4.69, 9.17) is 9.47 Å². The number of hydrogen-bond acceptors (Lipinski definition) is 3. The number of unbranched alkanes of at least 4 members (excludes halogenated alkanes) is 23. The normalized spacial score (nSPS) is 15.1. The van der Waals surface area contributed by atoms with Gasteiger partial charge in [0.25, 0.3) is 0 Å². The summed E-state index contributed by atoms with van der Waals surface area (Å²) in [6.07, 6.45) is 34.3. The molecule has 0 amide bonds. The van der Waals surface area contributed by atoms with Gasteiger partial charge in [0.1, 0.15) is 12.7 Å². The predicted octanol–water partition coefficient (Wildman–Crippen LogP) is 9.70. The van der Waals surface area contributed by atoms with E-state index in [1.807, 2.05) is 0 Å². The fourth-order valence-corrected chi connectivity index (χ4v) is 4.65. The lowest BCUT2D eigenvalue weighted by molar-refractivity contribution is -0.144. The third-order valence-electron chi connectivity index (χ3n) is 7.07. The van der Waals surface area contributed by atoms with Gasteiger partial charge in [0.15, 0.2) is 0 Å². The minimum atomic E-state index is -0.0516. The van der Waals surface area contributed by atoms with Crippen LogP contribution in [0.5, 0.6) is 0 Å². The van der Waals surface area contributed by atoms with E-state index in [-0.39, 0.29) is 12.1 Å². The van der Waals surface area contributed by atoms with Crippen molar-refractivity contribution in [3.63, 3.8) is 0 Å². The van der Waals surface area contributed by atoms with Crippen LogP contribution in [0, 0.1) is 0 Å². The lowest BCUT2D eigenvalue weighted by Crippen LogP contribution is -2.09. The molecule has 0 spiro atoms. The molecule has 3 nitrogen and oxygen atoms in total. The Labute approximate surface area is 207 Å². The molecule has 1 atom stereocenters. The standard InChI is InChI=1S/C30H58O3/c1-2-3-4-5-6-7-8-9-10-11-12-13-14-15-16-17-18-19-20-21-22-23-24-25-26-30(31)33-28-29-27-32-29/h29H,2-28H2,1H3. The van der Waals surface area contributed by atoms with Crippen molar-refractivity contribution < 1.29 is 14.3 Å². The summed E-state index contributed by atoms with van der Waals surface area (Å²) in [7, 11) is 0. The zero-order valence-electron chi connectivity index (χ0n) is 22.4. The Hall–Kier alpha value is -0.570. The van der Waals surface area contributed by atoms with E-state index < -0.39 is 0 Å². The predicted molar refractivity (Wildman–Crippen MR) is 142 cm³/mol. The lowest BCUT2D eigenvalue weighted by Gasteiger charge is -2.04. The van der Waals surface area contributed by atoms with Gasteiger partial charge >= 0.3 is 5.97 Å². The van der Waals surface area contributed by atoms with Crippen LogP contribution in [0.25, 0.3) is 0 Å². The largest absolute Gasteiger partial charge is 0.463 e. The highest BCUT2D eigenvalue weighted by Crippen LogP contribution is 2.16. The van der Waals surface area contributed by atoms with Gasteiger partial charge in [0.05, 0.1) is 6.61 Å². The number of ether oxygens (including phenoxy) is 2. The van der Waals surface area contributed by atoms with Gasteiger partial charge in [-0.05, 0) is 6.42 Å². The average Bonchev–Trinajstić information content (AvgIpc) is 3.65. The molecule has 1 rings (SSSR count). The summed E-state index contributed by atoms with van der Waals surface area (Å²) in [5.41, 5.74) is 0. The summed E-state index contributed by atoms with van der Waals surface area (Å²) >= 11 is 0. The Morgan fingerprint density at radius 1 is 0.576 bits per heavy atom. The molecule has 0 bridgehead atoms. The minimum Gasteiger partial charge on any atom is -0.463 e. The van der Waals surface area contributed by atoms with E-state index in [2.05, 4.69) is 6.92 Å². The number of epoxide rings is 1. The Morgan fingerprint density at radius 2 is 0.879 bits per heavy atom. The van der Waals surface area contributed by atoms with Crippen molar-refractivity contribution in [1.82, 2.24) is 0 Å². The van der Waals surface area contributed by atoms with Crippen LogP contribution in [-0.4, -0.2) is 25.3 Å². The third kappa shape index (κ3) is 24.4. The van der Waals surface area contributed by atoms with Gasteiger partial charge in [-0.3, -0.25) is 4.79 Å². The van der Waals surface area contributed by atoms with E-state index in [1.165, 1.54) is 141 Å². The van der Waals surface area contributed by atoms with E-state index >= 15 is 0 Å². The highest BCUT2D eigenvalue weighted by Gasteiger charge is 2.23. The van der Waals surface area contributed by atoms with Crippen LogP contribution in [0.2, 0.25) is 0 Å². The smallest absolute Gasteiger partial charge is 0.305 e. The van der Waals surface area contributed by atoms with Crippen LogP contribution in [0.3, 0.4) is 0 Å². The molecule has 0 aromatic rings. The number of esters is 1. The summed E-state index contributed by atoms with van der Waals surface area (Å²) in [6.45, 7) is 3.51. The van der Waals surface area contributed by atoms with Crippen molar-refractivity contribution in [1.29, 1.82) is 0 Å². The molecule has 1 unspecified atom stereocenters. The maximum Gasteiger partial charge on any atom is 0.305 e. The molecule has 0 aromatic carbocycles. The quantitative estimate of drug-likeness (QED) is 0.0687. The molecule has 0 saturated carbocycles. The molecule has 3 heteroatoms. The van der Waals surface area contributed by atoms with Crippen LogP contribution in [0.4, 0.5) is 0 Å². The van der Waals surface area contributed by atoms with Gasteiger partial charge in [-0.25, -0.2) is 0 Å². The van der Waals surface area contributed by atoms with E-state index in [9.17, 15) is 4.79 Å². The fourth-order valence-electron chi connectivity index (χ4n) is 4.65. The van der Waals surface area contributed by atoms with Crippen LogP contribution < -0.4 is 0 Å². The number of rotatable bonds is 27. The lowest BCUT2D eigenvalue weighted by atomic mass is 10.0. The number of carbonyl (C=O) groups is 1. The second-order valence-corrected chi connectivity index (χ2v) is 10.5. The maximum atomic E-state index is 11.5. The van der Waals surface area contributed by atoms with Crippen molar-refractivity contribution in [3.8, 4) is 0 Å². The van der Waals surface area contributed by atoms with Crippen LogP contribution in [0.15, 0.2) is 0 Å². The van der Waals surface area contributed by atoms with E-state index in [1.54, 1.807) is 0 Å².